The summed E-state index contributed by atoms with van der Waals surface area (Å²) >= 11 is 1.35. The van der Waals surface area contributed by atoms with Gasteiger partial charge in [0.15, 0.2) is 11.2 Å². The SMILES string of the molecule is CCn1ncc(-c2nc3c(Oc4csc(C(=O)N5CCOCC5)c4)ncnc3n2C)c1C. The highest BCUT2D eigenvalue weighted by Crippen LogP contribution is 2.32. The minimum Gasteiger partial charge on any atom is -0.436 e. The Bertz CT molecular complexity index is 1290. The van der Waals surface area contributed by atoms with Gasteiger partial charge in [0.2, 0.25) is 0 Å². The lowest BCUT2D eigenvalue weighted by molar-refractivity contribution is 0.0306. The lowest BCUT2D eigenvalue weighted by atomic mass is 10.2. The zero-order valence-electron chi connectivity index (χ0n) is 18.1. The number of rotatable bonds is 5. The number of imidazole rings is 1. The van der Waals surface area contributed by atoms with Crippen LogP contribution in [-0.2, 0) is 18.3 Å². The molecule has 0 atom stereocenters. The fourth-order valence-corrected chi connectivity index (χ4v) is 4.57. The average molecular weight is 454 g/mol. The molecule has 10 nitrogen and oxygen atoms in total. The molecular formula is C21H23N7O3S. The maximum absolute atomic E-state index is 12.7. The molecule has 4 aromatic heterocycles. The Hall–Kier alpha value is -3.31. The van der Waals surface area contributed by atoms with Crippen molar-refractivity contribution < 1.29 is 14.3 Å². The number of carbonyl (C=O) groups is 1. The fraction of sp³-hybridized carbons (Fsp3) is 0.381. The number of thiophene rings is 1. The molecule has 0 bridgehead atoms. The van der Waals surface area contributed by atoms with Gasteiger partial charge in [-0.25, -0.2) is 9.97 Å². The average Bonchev–Trinajstić information content (AvgIpc) is 3.52. The predicted molar refractivity (Wildman–Crippen MR) is 119 cm³/mol. The van der Waals surface area contributed by atoms with Crippen LogP contribution in [0.15, 0.2) is 24.0 Å². The molecule has 0 spiro atoms. The number of fused-ring (bicyclic) bond motifs is 1. The third-order valence-electron chi connectivity index (χ3n) is 5.57. The molecule has 32 heavy (non-hydrogen) atoms. The van der Waals surface area contributed by atoms with Crippen LogP contribution >= 0.6 is 11.3 Å². The summed E-state index contributed by atoms with van der Waals surface area (Å²) in [5.41, 5.74) is 3.19. The summed E-state index contributed by atoms with van der Waals surface area (Å²) in [5, 5.41) is 6.23. The van der Waals surface area contributed by atoms with Crippen LogP contribution in [0.5, 0.6) is 11.6 Å². The number of hydrogen-bond donors (Lipinski definition) is 0. The minimum absolute atomic E-state index is 0.00971. The highest BCUT2D eigenvalue weighted by molar-refractivity contribution is 7.12. The van der Waals surface area contributed by atoms with Crippen molar-refractivity contribution in [2.75, 3.05) is 26.3 Å². The van der Waals surface area contributed by atoms with E-state index in [0.717, 1.165) is 23.6 Å². The van der Waals surface area contributed by atoms with Gasteiger partial charge in [-0.1, -0.05) is 0 Å². The lowest BCUT2D eigenvalue weighted by Gasteiger charge is -2.26. The summed E-state index contributed by atoms with van der Waals surface area (Å²) in [6, 6.07) is 1.75. The zero-order valence-corrected chi connectivity index (χ0v) is 18.9. The molecule has 0 aromatic carbocycles. The Morgan fingerprint density at radius 3 is 2.84 bits per heavy atom. The number of aromatic nitrogens is 6. The second-order valence-corrected chi connectivity index (χ2v) is 8.37. The van der Waals surface area contributed by atoms with Crippen LogP contribution in [0.2, 0.25) is 0 Å². The van der Waals surface area contributed by atoms with E-state index in [1.54, 1.807) is 16.3 Å². The third kappa shape index (κ3) is 3.53. The van der Waals surface area contributed by atoms with Crippen molar-refractivity contribution in [3.05, 3.63) is 34.5 Å². The molecule has 1 fully saturated rings. The number of aryl methyl sites for hydroxylation is 2. The molecule has 11 heteroatoms. The van der Waals surface area contributed by atoms with Gasteiger partial charge in [-0.2, -0.15) is 10.1 Å². The zero-order chi connectivity index (χ0) is 22.2. The van der Waals surface area contributed by atoms with Crippen LogP contribution in [0.4, 0.5) is 0 Å². The van der Waals surface area contributed by atoms with Gasteiger partial charge in [-0.05, 0) is 13.8 Å². The van der Waals surface area contributed by atoms with E-state index in [1.807, 2.05) is 29.4 Å². The van der Waals surface area contributed by atoms with Crippen LogP contribution in [0.25, 0.3) is 22.6 Å². The van der Waals surface area contributed by atoms with Crippen molar-refractivity contribution in [2.24, 2.45) is 7.05 Å². The highest BCUT2D eigenvalue weighted by atomic mass is 32.1. The Labute approximate surface area is 188 Å². The Morgan fingerprint density at radius 2 is 2.09 bits per heavy atom. The summed E-state index contributed by atoms with van der Waals surface area (Å²) in [7, 11) is 1.91. The molecule has 0 N–H and O–H groups in total. The van der Waals surface area contributed by atoms with Crippen molar-refractivity contribution in [3.8, 4) is 23.0 Å². The second kappa shape index (κ2) is 8.32. The molecular weight excluding hydrogens is 430 g/mol. The second-order valence-electron chi connectivity index (χ2n) is 7.46. The molecule has 0 saturated carbocycles. The smallest absolute Gasteiger partial charge is 0.264 e. The quantitative estimate of drug-likeness (QED) is 0.458. The lowest BCUT2D eigenvalue weighted by Crippen LogP contribution is -2.40. The van der Waals surface area contributed by atoms with Crippen LogP contribution in [0, 0.1) is 6.92 Å². The number of nitrogens with zero attached hydrogens (tertiary/aromatic N) is 7. The van der Waals surface area contributed by atoms with Gasteiger partial charge in [-0.3, -0.25) is 9.48 Å². The van der Waals surface area contributed by atoms with Gasteiger partial charge in [0.05, 0.1) is 29.9 Å². The monoisotopic (exact) mass is 453 g/mol. The standard InChI is InChI=1S/C21H23N7O3S/c1-4-28-13(2)15(10-24-28)18-25-17-19(26(18)3)22-12-23-20(17)31-14-9-16(32-11-14)21(29)27-5-7-30-8-6-27/h9-12H,4-8H2,1-3H3. The van der Waals surface area contributed by atoms with Crippen LogP contribution in [-0.4, -0.2) is 66.4 Å². The number of ether oxygens (including phenoxy) is 2. The van der Waals surface area contributed by atoms with Gasteiger partial charge in [0.1, 0.15) is 17.9 Å². The number of hydrogen-bond acceptors (Lipinski definition) is 8. The Morgan fingerprint density at radius 1 is 1.28 bits per heavy atom. The number of amides is 1. The molecule has 166 valence electrons. The Kier molecular flexibility index (Phi) is 5.35. The van der Waals surface area contributed by atoms with Gasteiger partial charge < -0.3 is 18.9 Å². The van der Waals surface area contributed by atoms with E-state index in [-0.39, 0.29) is 5.91 Å². The van der Waals surface area contributed by atoms with Crippen LogP contribution in [0.3, 0.4) is 0 Å². The van der Waals surface area contributed by atoms with Crippen molar-refractivity contribution in [1.29, 1.82) is 0 Å². The summed E-state index contributed by atoms with van der Waals surface area (Å²) in [5.74, 6) is 1.63. The van der Waals surface area contributed by atoms with Crippen LogP contribution in [0.1, 0.15) is 22.3 Å². The molecule has 1 aliphatic heterocycles. The van der Waals surface area contributed by atoms with E-state index in [4.69, 9.17) is 14.5 Å². The first-order chi connectivity index (χ1) is 15.6. The first-order valence-corrected chi connectivity index (χ1v) is 11.3. The molecule has 1 amide bonds. The van der Waals surface area contributed by atoms with E-state index >= 15 is 0 Å². The van der Waals surface area contributed by atoms with Gasteiger partial charge in [0, 0.05) is 43.8 Å². The molecule has 5 heterocycles. The minimum atomic E-state index is -0.00971. The predicted octanol–water partition coefficient (Wildman–Crippen LogP) is 2.88. The molecule has 4 aromatic rings. The molecule has 1 aliphatic rings. The number of morpholine rings is 1. The fourth-order valence-electron chi connectivity index (χ4n) is 3.80. The van der Waals surface area contributed by atoms with E-state index in [9.17, 15) is 4.79 Å². The van der Waals surface area contributed by atoms with Crippen LogP contribution < -0.4 is 4.74 Å². The van der Waals surface area contributed by atoms with Gasteiger partial charge in [0.25, 0.3) is 11.8 Å². The summed E-state index contributed by atoms with van der Waals surface area (Å²) < 4.78 is 15.2. The largest absolute Gasteiger partial charge is 0.436 e. The van der Waals surface area contributed by atoms with E-state index in [1.165, 1.54) is 17.7 Å². The maximum atomic E-state index is 12.7. The molecule has 1 saturated heterocycles. The van der Waals surface area contributed by atoms with E-state index in [0.29, 0.717) is 54.0 Å². The summed E-state index contributed by atoms with van der Waals surface area (Å²) in [6.07, 6.45) is 3.27. The molecule has 5 rings (SSSR count). The molecule has 0 radical (unpaired) electrons. The summed E-state index contributed by atoms with van der Waals surface area (Å²) in [4.78, 5) is 28.6. The first kappa shape index (κ1) is 20.6. The Balaban J connectivity index is 1.45. The first-order valence-electron chi connectivity index (χ1n) is 10.4. The van der Waals surface area contributed by atoms with E-state index < -0.39 is 0 Å². The molecule has 0 unspecified atom stereocenters. The van der Waals surface area contributed by atoms with Crippen molar-refractivity contribution in [3.63, 3.8) is 0 Å². The topological polar surface area (TPSA) is 100 Å². The number of carbonyl (C=O) groups excluding carboxylic acids is 1. The molecule has 0 aliphatic carbocycles. The van der Waals surface area contributed by atoms with E-state index in [2.05, 4.69) is 22.0 Å². The maximum Gasteiger partial charge on any atom is 0.264 e. The van der Waals surface area contributed by atoms with Crippen molar-refractivity contribution >= 4 is 28.4 Å². The highest BCUT2D eigenvalue weighted by Gasteiger charge is 2.22. The normalized spacial score (nSPS) is 14.3. The van der Waals surface area contributed by atoms with Crippen molar-refractivity contribution in [1.82, 2.24) is 34.2 Å². The third-order valence-corrected chi connectivity index (χ3v) is 6.46. The van der Waals surface area contributed by atoms with Gasteiger partial charge in [-0.15, -0.1) is 11.3 Å². The van der Waals surface area contributed by atoms with Gasteiger partial charge >= 0.3 is 0 Å². The van der Waals surface area contributed by atoms with Crippen molar-refractivity contribution in [2.45, 2.75) is 20.4 Å². The summed E-state index contributed by atoms with van der Waals surface area (Å²) in [6.45, 7) is 7.19.